The monoisotopic (exact) mass is 598 g/mol. The van der Waals surface area contributed by atoms with Crippen LogP contribution in [0.5, 0.6) is 0 Å². The average Bonchev–Trinajstić information content (AvgIpc) is 3.31. The van der Waals surface area contributed by atoms with E-state index < -0.39 is 17.7 Å². The van der Waals surface area contributed by atoms with Crippen molar-refractivity contribution >= 4 is 40.9 Å². The largest absolute Gasteiger partial charge is 0.384 e. The van der Waals surface area contributed by atoms with Crippen LogP contribution in [0.15, 0.2) is 36.5 Å². The highest BCUT2D eigenvalue weighted by Gasteiger charge is 2.43. The predicted molar refractivity (Wildman–Crippen MR) is 154 cm³/mol. The summed E-state index contributed by atoms with van der Waals surface area (Å²) < 4.78 is 1.52. The molecule has 3 atom stereocenters. The van der Waals surface area contributed by atoms with E-state index in [4.69, 9.17) is 28.3 Å². The summed E-state index contributed by atoms with van der Waals surface area (Å²) in [6, 6.07) is 6.93. The Morgan fingerprint density at radius 3 is 2.51 bits per heavy atom. The summed E-state index contributed by atoms with van der Waals surface area (Å²) in [5, 5.41) is 18.3. The van der Waals surface area contributed by atoms with Crippen molar-refractivity contribution in [1.29, 1.82) is 0 Å². The fraction of sp³-hybridized carbons (Fsp3) is 0.414. The molecule has 4 heterocycles. The minimum Gasteiger partial charge on any atom is -0.384 e. The van der Waals surface area contributed by atoms with E-state index in [1.165, 1.54) is 10.7 Å². The molecule has 0 spiro atoms. The molecule has 0 saturated heterocycles. The van der Waals surface area contributed by atoms with Gasteiger partial charge in [0.2, 0.25) is 5.91 Å². The van der Waals surface area contributed by atoms with Gasteiger partial charge >= 0.3 is 0 Å². The Bertz CT molecular complexity index is 1530. The average molecular weight is 600 g/mol. The van der Waals surface area contributed by atoms with Crippen LogP contribution < -0.4 is 5.32 Å². The molecule has 3 amide bonds. The lowest BCUT2D eigenvalue weighted by atomic mass is 9.96. The molecule has 216 valence electrons. The zero-order valence-electron chi connectivity index (χ0n) is 23.5. The molecule has 2 aliphatic heterocycles. The van der Waals surface area contributed by atoms with E-state index in [0.717, 1.165) is 5.56 Å². The number of aromatic nitrogens is 3. The maximum Gasteiger partial charge on any atom is 0.273 e. The van der Waals surface area contributed by atoms with Crippen LogP contribution in [0.25, 0.3) is 0 Å². The normalized spacial score (nSPS) is 19.5. The number of fused-ring (bicyclic) bond motifs is 3. The number of pyridine rings is 1. The van der Waals surface area contributed by atoms with E-state index in [-0.39, 0.29) is 41.9 Å². The number of halogens is 2. The molecule has 2 N–H and O–H groups in total. The number of nitrogens with one attached hydrogen (secondary N) is 1. The number of carbonyl (C=O) groups excluding carboxylic acids is 3. The van der Waals surface area contributed by atoms with Gasteiger partial charge < -0.3 is 20.2 Å². The van der Waals surface area contributed by atoms with Crippen LogP contribution in [0, 0.1) is 0 Å². The van der Waals surface area contributed by atoms with Gasteiger partial charge in [-0.1, -0.05) is 29.3 Å². The Morgan fingerprint density at radius 1 is 1.17 bits per heavy atom. The smallest absolute Gasteiger partial charge is 0.273 e. The van der Waals surface area contributed by atoms with Gasteiger partial charge in [-0.15, -0.1) is 0 Å². The topological polar surface area (TPSA) is 121 Å². The Balaban J connectivity index is 1.52. The summed E-state index contributed by atoms with van der Waals surface area (Å²) >= 11 is 12.2. The first-order chi connectivity index (χ1) is 19.3. The molecule has 0 fully saturated rings. The molecule has 0 bridgehead atoms. The van der Waals surface area contributed by atoms with Gasteiger partial charge in [-0.3, -0.25) is 19.4 Å². The highest BCUT2D eigenvalue weighted by Crippen LogP contribution is 2.36. The number of likely N-dealkylation sites (N-methyl/N-ethyl adjacent to an activating group) is 1. The lowest BCUT2D eigenvalue weighted by molar-refractivity contribution is -0.125. The quantitative estimate of drug-likeness (QED) is 0.459. The minimum atomic E-state index is -1.10. The number of hydrogen-bond donors (Lipinski definition) is 2. The molecule has 41 heavy (non-hydrogen) atoms. The molecule has 1 aromatic carbocycles. The van der Waals surface area contributed by atoms with E-state index >= 15 is 0 Å². The van der Waals surface area contributed by atoms with Crippen LogP contribution in [0.4, 0.5) is 0 Å². The zero-order chi connectivity index (χ0) is 29.8. The van der Waals surface area contributed by atoms with Crippen molar-refractivity contribution in [2.24, 2.45) is 0 Å². The molecule has 3 aromatic rings. The van der Waals surface area contributed by atoms with E-state index in [1.807, 2.05) is 19.9 Å². The number of hydrogen-bond acceptors (Lipinski definition) is 6. The Labute approximate surface area is 248 Å². The van der Waals surface area contributed by atoms with Gasteiger partial charge in [-0.25, -0.2) is 4.68 Å². The fourth-order valence-electron chi connectivity index (χ4n) is 5.45. The van der Waals surface area contributed by atoms with Gasteiger partial charge in [0.15, 0.2) is 0 Å². The van der Waals surface area contributed by atoms with Crippen LogP contribution in [0.3, 0.4) is 0 Å². The van der Waals surface area contributed by atoms with E-state index in [2.05, 4.69) is 10.3 Å². The van der Waals surface area contributed by atoms with Gasteiger partial charge in [0, 0.05) is 36.8 Å². The molecule has 5 rings (SSSR count). The number of aliphatic hydroxyl groups is 1. The lowest BCUT2D eigenvalue weighted by Gasteiger charge is -2.38. The van der Waals surface area contributed by atoms with Crippen LogP contribution in [0.1, 0.15) is 83.1 Å². The molecule has 12 heteroatoms. The Kier molecular flexibility index (Phi) is 7.61. The van der Waals surface area contributed by atoms with Crippen molar-refractivity contribution in [3.63, 3.8) is 0 Å². The Hall–Kier alpha value is -3.47. The first-order valence-electron chi connectivity index (χ1n) is 13.4. The van der Waals surface area contributed by atoms with Gasteiger partial charge in [-0.05, 0) is 57.5 Å². The number of carbonyl (C=O) groups is 3. The molecule has 0 aliphatic carbocycles. The third-order valence-corrected chi connectivity index (χ3v) is 8.65. The van der Waals surface area contributed by atoms with Gasteiger partial charge in [0.05, 0.1) is 40.6 Å². The molecule has 0 unspecified atom stereocenters. The second-order valence-corrected chi connectivity index (χ2v) is 11.9. The van der Waals surface area contributed by atoms with Crippen LogP contribution in [-0.4, -0.2) is 67.0 Å². The fourth-order valence-corrected chi connectivity index (χ4v) is 5.75. The van der Waals surface area contributed by atoms with E-state index in [0.29, 0.717) is 39.7 Å². The van der Waals surface area contributed by atoms with Gasteiger partial charge in [0.1, 0.15) is 17.3 Å². The first-order valence-corrected chi connectivity index (χ1v) is 14.1. The molecule has 2 aromatic heterocycles. The second-order valence-electron chi connectivity index (χ2n) is 11.1. The van der Waals surface area contributed by atoms with Crippen molar-refractivity contribution in [2.45, 2.75) is 64.4 Å². The lowest BCUT2D eigenvalue weighted by Crippen LogP contribution is -2.49. The zero-order valence-corrected chi connectivity index (χ0v) is 25.0. The van der Waals surface area contributed by atoms with Crippen LogP contribution in [0.2, 0.25) is 10.0 Å². The summed E-state index contributed by atoms with van der Waals surface area (Å²) in [7, 11) is 1.55. The molecular weight excluding hydrogens is 567 g/mol. The maximum absolute atomic E-state index is 14.1. The third kappa shape index (κ3) is 5.20. The maximum atomic E-state index is 14.1. The van der Waals surface area contributed by atoms with Crippen LogP contribution in [-0.2, 0) is 23.4 Å². The Morgan fingerprint density at radius 2 is 1.90 bits per heavy atom. The molecular formula is C29H32Cl2N6O4. The van der Waals surface area contributed by atoms with Crippen molar-refractivity contribution in [1.82, 2.24) is 29.9 Å². The molecule has 0 radical (unpaired) electrons. The SMILES string of the molecule is CNC(=O)[C@@H]1CN([C@H](C)c2ccc(C(C)(C)O)nc2)C(=O)c2c3c(nn21)C[C@@H](C)N(C(=O)c1ccc(Cl)c(Cl)c1)C3. The summed E-state index contributed by atoms with van der Waals surface area (Å²) in [6.07, 6.45) is 2.06. The second kappa shape index (κ2) is 10.7. The number of amides is 3. The van der Waals surface area contributed by atoms with Crippen LogP contribution >= 0.6 is 23.2 Å². The summed E-state index contributed by atoms with van der Waals surface area (Å²) in [4.78, 5) is 48.4. The van der Waals surface area contributed by atoms with Gasteiger partial charge in [0.25, 0.3) is 11.8 Å². The number of benzene rings is 1. The standard InChI is InChI=1S/C29H32Cl2N6O4/c1-15-10-22-19(13-35(15)27(39)17-6-8-20(30)21(31)11-17)25-28(40)36(14-23(26(38)32-5)37(25)34-22)16(2)18-7-9-24(33-12-18)29(3,4)41/h6-9,11-12,15-16,23,41H,10,13-14H2,1-5H3,(H,32,38)/t15-,16-,23+/m1/s1. The van der Waals surface area contributed by atoms with Crippen molar-refractivity contribution in [3.05, 3.63) is 80.3 Å². The van der Waals surface area contributed by atoms with Crippen molar-refractivity contribution in [3.8, 4) is 0 Å². The highest BCUT2D eigenvalue weighted by atomic mass is 35.5. The summed E-state index contributed by atoms with van der Waals surface area (Å²) in [6.45, 7) is 7.37. The first kappa shape index (κ1) is 29.0. The van der Waals surface area contributed by atoms with Gasteiger partial charge in [-0.2, -0.15) is 5.10 Å². The van der Waals surface area contributed by atoms with Crippen molar-refractivity contribution in [2.75, 3.05) is 13.6 Å². The number of nitrogens with zero attached hydrogens (tertiary/aromatic N) is 5. The van der Waals surface area contributed by atoms with Crippen molar-refractivity contribution < 1.29 is 19.5 Å². The summed E-state index contributed by atoms with van der Waals surface area (Å²) in [5.74, 6) is -0.798. The van der Waals surface area contributed by atoms with E-state index in [9.17, 15) is 19.5 Å². The minimum absolute atomic E-state index is 0.113. The third-order valence-electron chi connectivity index (χ3n) is 7.91. The number of rotatable bonds is 5. The summed E-state index contributed by atoms with van der Waals surface area (Å²) in [5.41, 5.74) is 2.18. The highest BCUT2D eigenvalue weighted by molar-refractivity contribution is 6.42. The molecule has 2 aliphatic rings. The van der Waals surface area contributed by atoms with E-state index in [1.54, 1.807) is 55.1 Å². The predicted octanol–water partition coefficient (Wildman–Crippen LogP) is 3.90. The molecule has 0 saturated carbocycles. The molecule has 10 nitrogen and oxygen atoms in total.